The van der Waals surface area contributed by atoms with Gasteiger partial charge in [0.05, 0.1) is 29.5 Å². The first-order chi connectivity index (χ1) is 11.7. The van der Waals surface area contributed by atoms with Crippen LogP contribution in [0.4, 0.5) is 0 Å². The van der Waals surface area contributed by atoms with Crippen LogP contribution in [0.3, 0.4) is 0 Å². The molecule has 0 saturated carbocycles. The van der Waals surface area contributed by atoms with E-state index in [4.69, 9.17) is 4.74 Å². The van der Waals surface area contributed by atoms with Crippen molar-refractivity contribution in [2.75, 3.05) is 45.9 Å². The van der Waals surface area contributed by atoms with Crippen molar-refractivity contribution < 1.29 is 14.6 Å². The number of rotatable bonds is 3. The Hall–Kier alpha value is -1.02. The van der Waals surface area contributed by atoms with Crippen molar-refractivity contribution >= 4 is 17.2 Å². The zero-order chi connectivity index (χ0) is 18.2. The number of nitrogens with zero attached hydrogens (tertiary/aromatic N) is 3. The average Bonchev–Trinajstić information content (AvgIpc) is 2.89. The van der Waals surface area contributed by atoms with E-state index in [1.54, 1.807) is 0 Å². The molecule has 140 valence electrons. The second-order valence-corrected chi connectivity index (χ2v) is 9.13. The largest absolute Gasteiger partial charge is 0.388 e. The summed E-state index contributed by atoms with van der Waals surface area (Å²) in [5.41, 5.74) is -0.355. The Morgan fingerprint density at radius 3 is 2.52 bits per heavy atom. The van der Waals surface area contributed by atoms with Gasteiger partial charge in [-0.05, 0) is 20.3 Å². The highest BCUT2D eigenvalue weighted by atomic mass is 32.1. The molecule has 0 radical (unpaired) electrons. The fraction of sp³-hybridized carbons (Fsp3) is 0.778. The molecule has 0 aliphatic carbocycles. The lowest BCUT2D eigenvalue weighted by atomic mass is 9.69. The van der Waals surface area contributed by atoms with E-state index in [-0.39, 0.29) is 11.3 Å². The molecule has 1 aromatic heterocycles. The number of aryl methyl sites for hydroxylation is 2. The number of carbonyl (C=O) groups excluding carboxylic acids is 1. The summed E-state index contributed by atoms with van der Waals surface area (Å²) in [6, 6.07) is 0. The zero-order valence-corrected chi connectivity index (χ0v) is 16.5. The van der Waals surface area contributed by atoms with E-state index in [9.17, 15) is 9.90 Å². The molecular formula is C18H29N3O3S. The van der Waals surface area contributed by atoms with Gasteiger partial charge in [0.15, 0.2) is 0 Å². The fourth-order valence-corrected chi connectivity index (χ4v) is 4.72. The molecule has 6 nitrogen and oxygen atoms in total. The van der Waals surface area contributed by atoms with Crippen LogP contribution >= 0.6 is 11.3 Å². The number of hydrogen-bond donors (Lipinski definition) is 1. The SMILES string of the molecule is Cc1nc(C)c(C(=O)N2CC[C@](O)(CN3CCOCC3)C(C)(C)C2)s1. The average molecular weight is 368 g/mol. The van der Waals surface area contributed by atoms with Gasteiger partial charge in [-0.2, -0.15) is 0 Å². The Labute approximate surface area is 153 Å². The van der Waals surface area contributed by atoms with Crippen molar-refractivity contribution in [1.82, 2.24) is 14.8 Å². The van der Waals surface area contributed by atoms with E-state index in [2.05, 4.69) is 23.7 Å². The van der Waals surface area contributed by atoms with Gasteiger partial charge in [-0.3, -0.25) is 9.69 Å². The number of carbonyl (C=O) groups is 1. The standard InChI is InChI=1S/C18H29N3O3S/c1-13-15(25-14(2)19-13)16(22)21-6-5-18(23,17(3,4)11-21)12-20-7-9-24-10-8-20/h23H,5-12H2,1-4H3/t18-/m0/s1. The summed E-state index contributed by atoms with van der Waals surface area (Å²) in [6.45, 7) is 12.9. The summed E-state index contributed by atoms with van der Waals surface area (Å²) in [5.74, 6) is 0.0459. The van der Waals surface area contributed by atoms with Gasteiger partial charge in [0.1, 0.15) is 4.88 Å². The number of likely N-dealkylation sites (tertiary alicyclic amines) is 1. The second-order valence-electron chi connectivity index (χ2n) is 7.93. The first-order valence-corrected chi connectivity index (χ1v) is 9.79. The zero-order valence-electron chi connectivity index (χ0n) is 15.7. The molecule has 1 amide bonds. The highest BCUT2D eigenvalue weighted by Crippen LogP contribution is 2.40. The third-order valence-corrected chi connectivity index (χ3v) is 6.68. The lowest BCUT2D eigenvalue weighted by Gasteiger charge is -2.52. The van der Waals surface area contributed by atoms with Gasteiger partial charge in [0.25, 0.3) is 5.91 Å². The normalized spacial score (nSPS) is 27.5. The monoisotopic (exact) mass is 367 g/mol. The molecular weight excluding hydrogens is 338 g/mol. The van der Waals surface area contributed by atoms with Crippen LogP contribution in [0.1, 0.15) is 40.6 Å². The van der Waals surface area contributed by atoms with Crippen LogP contribution in [-0.4, -0.2) is 77.3 Å². The lowest BCUT2D eigenvalue weighted by Crippen LogP contribution is -2.63. The van der Waals surface area contributed by atoms with Crippen molar-refractivity contribution in [3.8, 4) is 0 Å². The molecule has 0 bridgehead atoms. The number of hydrogen-bond acceptors (Lipinski definition) is 6. The minimum absolute atomic E-state index is 0.0459. The molecule has 25 heavy (non-hydrogen) atoms. The number of ether oxygens (including phenoxy) is 1. The number of thiazole rings is 1. The lowest BCUT2D eigenvalue weighted by molar-refractivity contribution is -0.133. The van der Waals surface area contributed by atoms with E-state index < -0.39 is 5.60 Å². The quantitative estimate of drug-likeness (QED) is 0.881. The number of morpholine rings is 1. The van der Waals surface area contributed by atoms with Crippen molar-refractivity contribution in [3.05, 3.63) is 15.6 Å². The summed E-state index contributed by atoms with van der Waals surface area (Å²) in [4.78, 5) is 22.2. The second kappa shape index (κ2) is 6.95. The third kappa shape index (κ3) is 3.74. The van der Waals surface area contributed by atoms with Crippen molar-refractivity contribution in [2.45, 2.75) is 39.7 Å². The summed E-state index contributed by atoms with van der Waals surface area (Å²) in [5, 5.41) is 12.3. The van der Waals surface area contributed by atoms with Crippen molar-refractivity contribution in [1.29, 1.82) is 0 Å². The molecule has 7 heteroatoms. The van der Waals surface area contributed by atoms with E-state index >= 15 is 0 Å². The van der Waals surface area contributed by atoms with E-state index in [1.807, 2.05) is 18.7 Å². The molecule has 3 heterocycles. The predicted octanol–water partition coefficient (Wildman–Crippen LogP) is 1.70. The first kappa shape index (κ1) is 18.8. The number of piperidine rings is 1. The van der Waals surface area contributed by atoms with Crippen LogP contribution < -0.4 is 0 Å². The smallest absolute Gasteiger partial charge is 0.265 e. The van der Waals surface area contributed by atoms with Gasteiger partial charge in [-0.1, -0.05) is 13.8 Å². The minimum Gasteiger partial charge on any atom is -0.388 e. The molecule has 0 aromatic carbocycles. The molecule has 2 aliphatic rings. The molecule has 2 saturated heterocycles. The Morgan fingerprint density at radius 2 is 1.96 bits per heavy atom. The Morgan fingerprint density at radius 1 is 1.28 bits per heavy atom. The maximum atomic E-state index is 12.9. The maximum absolute atomic E-state index is 12.9. The van der Waals surface area contributed by atoms with Crippen LogP contribution in [0.25, 0.3) is 0 Å². The number of amides is 1. The Kier molecular flexibility index (Phi) is 5.21. The van der Waals surface area contributed by atoms with Crippen molar-refractivity contribution in [3.63, 3.8) is 0 Å². The van der Waals surface area contributed by atoms with Crippen LogP contribution in [0.15, 0.2) is 0 Å². The molecule has 2 aliphatic heterocycles. The topological polar surface area (TPSA) is 65.9 Å². The molecule has 0 unspecified atom stereocenters. The maximum Gasteiger partial charge on any atom is 0.265 e. The molecule has 1 aromatic rings. The van der Waals surface area contributed by atoms with Crippen LogP contribution in [0.2, 0.25) is 0 Å². The van der Waals surface area contributed by atoms with Gasteiger partial charge >= 0.3 is 0 Å². The number of aromatic nitrogens is 1. The summed E-state index contributed by atoms with van der Waals surface area (Å²) < 4.78 is 5.40. The van der Waals surface area contributed by atoms with Crippen LogP contribution in [0, 0.1) is 19.3 Å². The fourth-order valence-electron chi connectivity index (χ4n) is 3.83. The molecule has 2 fully saturated rings. The highest BCUT2D eigenvalue weighted by molar-refractivity contribution is 7.13. The van der Waals surface area contributed by atoms with E-state index in [0.717, 1.165) is 41.9 Å². The van der Waals surface area contributed by atoms with Crippen molar-refractivity contribution in [2.24, 2.45) is 5.41 Å². The minimum atomic E-state index is -0.792. The van der Waals surface area contributed by atoms with Gasteiger partial charge < -0.3 is 14.7 Å². The van der Waals surface area contributed by atoms with Crippen LogP contribution in [0.5, 0.6) is 0 Å². The predicted molar refractivity (Wildman–Crippen MR) is 98.1 cm³/mol. The van der Waals surface area contributed by atoms with Gasteiger partial charge in [0.2, 0.25) is 0 Å². The molecule has 3 rings (SSSR count). The summed E-state index contributed by atoms with van der Waals surface area (Å²) in [6.07, 6.45) is 0.597. The summed E-state index contributed by atoms with van der Waals surface area (Å²) in [7, 11) is 0. The molecule has 0 spiro atoms. The Balaban J connectivity index is 1.71. The highest BCUT2D eigenvalue weighted by Gasteiger charge is 2.49. The Bertz CT molecular complexity index is 640. The third-order valence-electron chi connectivity index (χ3n) is 5.62. The molecule has 1 atom stereocenters. The van der Waals surface area contributed by atoms with E-state index in [1.165, 1.54) is 11.3 Å². The number of aliphatic hydroxyl groups is 1. The molecule has 1 N–H and O–H groups in total. The van der Waals surface area contributed by atoms with Gasteiger partial charge in [-0.15, -0.1) is 11.3 Å². The summed E-state index contributed by atoms with van der Waals surface area (Å²) >= 11 is 1.46. The first-order valence-electron chi connectivity index (χ1n) is 8.98. The van der Waals surface area contributed by atoms with Gasteiger partial charge in [-0.25, -0.2) is 4.98 Å². The van der Waals surface area contributed by atoms with E-state index in [0.29, 0.717) is 26.1 Å². The van der Waals surface area contributed by atoms with Crippen LogP contribution in [-0.2, 0) is 4.74 Å². The number of β-amino-alcohol motifs (C(OH)–C–C–N with tert-alkyl or cyclic N) is 1. The van der Waals surface area contributed by atoms with Gasteiger partial charge in [0, 0.05) is 38.1 Å².